The first-order valence-electron chi connectivity index (χ1n) is 14.8. The van der Waals surface area contributed by atoms with Crippen molar-refractivity contribution in [2.24, 2.45) is 11.8 Å². The average Bonchev–Trinajstić information content (AvgIpc) is 3.51. The average molecular weight is 568 g/mol. The number of hydrogen-bond donors (Lipinski definition) is 1. The SMILES string of the molecule is C=CCN(C(=O)[C@H]1[C@H]2C(=O)N(CCO)C(C(=O)N(CC=C)C(C)CCC)C23CC[C@]1(C)O3)c1ccc(OCC)cc1. The first-order valence-corrected chi connectivity index (χ1v) is 14.8. The number of fused-ring (bicyclic) bond motifs is 1. The second-order valence-corrected chi connectivity index (χ2v) is 11.6. The summed E-state index contributed by atoms with van der Waals surface area (Å²) < 4.78 is 12.3. The zero-order valence-corrected chi connectivity index (χ0v) is 24.9. The van der Waals surface area contributed by atoms with Crippen molar-refractivity contribution in [3.05, 3.63) is 49.6 Å². The number of hydrogen-bond acceptors (Lipinski definition) is 6. The number of anilines is 1. The summed E-state index contributed by atoms with van der Waals surface area (Å²) in [7, 11) is 0. The van der Waals surface area contributed by atoms with E-state index in [1.54, 1.807) is 22.0 Å². The van der Waals surface area contributed by atoms with E-state index < -0.39 is 29.1 Å². The molecule has 3 fully saturated rings. The van der Waals surface area contributed by atoms with Crippen LogP contribution >= 0.6 is 0 Å². The fraction of sp³-hybridized carbons (Fsp3) is 0.594. The van der Waals surface area contributed by atoms with Gasteiger partial charge in [-0.2, -0.15) is 0 Å². The highest BCUT2D eigenvalue weighted by molar-refractivity contribution is 6.03. The van der Waals surface area contributed by atoms with E-state index in [0.29, 0.717) is 37.4 Å². The molecule has 4 rings (SSSR count). The molecule has 0 saturated carbocycles. The molecule has 1 aromatic carbocycles. The van der Waals surface area contributed by atoms with Crippen LogP contribution in [0.2, 0.25) is 0 Å². The Morgan fingerprint density at radius 2 is 1.85 bits per heavy atom. The van der Waals surface area contributed by atoms with E-state index in [1.165, 1.54) is 4.90 Å². The third kappa shape index (κ3) is 5.18. The van der Waals surface area contributed by atoms with Gasteiger partial charge in [-0.1, -0.05) is 25.5 Å². The molecule has 41 heavy (non-hydrogen) atoms. The lowest BCUT2D eigenvalue weighted by Gasteiger charge is -2.38. The summed E-state index contributed by atoms with van der Waals surface area (Å²) in [6.07, 6.45) is 6.07. The second-order valence-electron chi connectivity index (χ2n) is 11.6. The fourth-order valence-corrected chi connectivity index (χ4v) is 7.29. The molecule has 0 aliphatic carbocycles. The van der Waals surface area contributed by atoms with Gasteiger partial charge in [-0.15, -0.1) is 13.2 Å². The predicted molar refractivity (Wildman–Crippen MR) is 157 cm³/mol. The number of ether oxygens (including phenoxy) is 2. The lowest BCUT2D eigenvalue weighted by atomic mass is 9.66. The zero-order chi connectivity index (χ0) is 29.9. The number of nitrogens with zero attached hydrogens (tertiary/aromatic N) is 3. The van der Waals surface area contributed by atoms with E-state index in [4.69, 9.17) is 9.47 Å². The van der Waals surface area contributed by atoms with E-state index in [2.05, 4.69) is 20.1 Å². The molecule has 1 spiro atoms. The number of carbonyl (C=O) groups is 3. The summed E-state index contributed by atoms with van der Waals surface area (Å²) in [4.78, 5) is 47.8. The number of likely N-dealkylation sites (tertiary alicyclic amines) is 1. The Balaban J connectivity index is 1.75. The van der Waals surface area contributed by atoms with Crippen LogP contribution in [0.4, 0.5) is 5.69 Å². The minimum Gasteiger partial charge on any atom is -0.494 e. The first-order chi connectivity index (χ1) is 19.6. The van der Waals surface area contributed by atoms with Gasteiger partial charge in [0.15, 0.2) is 0 Å². The number of aliphatic hydroxyl groups excluding tert-OH is 1. The second kappa shape index (κ2) is 12.4. The highest BCUT2D eigenvalue weighted by Crippen LogP contribution is 2.63. The minimum absolute atomic E-state index is 0.00613. The third-order valence-corrected chi connectivity index (χ3v) is 9.00. The Morgan fingerprint density at radius 1 is 1.17 bits per heavy atom. The summed E-state index contributed by atoms with van der Waals surface area (Å²) in [5.74, 6) is -1.71. The molecule has 3 heterocycles. The molecule has 9 nitrogen and oxygen atoms in total. The number of aliphatic hydroxyl groups is 1. The van der Waals surface area contributed by atoms with Gasteiger partial charge in [0, 0.05) is 31.4 Å². The van der Waals surface area contributed by atoms with Gasteiger partial charge in [-0.05, 0) is 64.3 Å². The zero-order valence-electron chi connectivity index (χ0n) is 24.9. The van der Waals surface area contributed by atoms with Gasteiger partial charge in [0.2, 0.25) is 17.7 Å². The molecule has 6 atom stereocenters. The van der Waals surface area contributed by atoms with Crippen LogP contribution in [0.3, 0.4) is 0 Å². The molecule has 3 saturated heterocycles. The number of rotatable bonds is 14. The Morgan fingerprint density at radius 3 is 2.44 bits per heavy atom. The van der Waals surface area contributed by atoms with E-state index in [0.717, 1.165) is 12.8 Å². The molecular weight excluding hydrogens is 522 g/mol. The molecule has 3 aliphatic heterocycles. The summed E-state index contributed by atoms with van der Waals surface area (Å²) in [6, 6.07) is 6.27. The summed E-state index contributed by atoms with van der Waals surface area (Å²) in [5.41, 5.74) is -1.40. The third-order valence-electron chi connectivity index (χ3n) is 9.00. The highest BCUT2D eigenvalue weighted by Gasteiger charge is 2.78. The topological polar surface area (TPSA) is 99.6 Å². The Labute approximate surface area is 243 Å². The van der Waals surface area contributed by atoms with Crippen LogP contribution in [0.25, 0.3) is 0 Å². The van der Waals surface area contributed by atoms with E-state index in [9.17, 15) is 19.5 Å². The summed E-state index contributed by atoms with van der Waals surface area (Å²) in [5, 5.41) is 9.93. The lowest BCUT2D eigenvalue weighted by Crippen LogP contribution is -2.58. The van der Waals surface area contributed by atoms with Crippen LogP contribution < -0.4 is 9.64 Å². The van der Waals surface area contributed by atoms with Crippen molar-refractivity contribution < 1.29 is 29.0 Å². The molecule has 224 valence electrons. The van der Waals surface area contributed by atoms with E-state index in [-0.39, 0.29) is 43.5 Å². The molecule has 1 aromatic rings. The molecule has 9 heteroatoms. The summed E-state index contributed by atoms with van der Waals surface area (Å²) >= 11 is 0. The smallest absolute Gasteiger partial charge is 0.248 e. The molecule has 3 aliphatic rings. The van der Waals surface area contributed by atoms with E-state index in [1.807, 2.05) is 45.0 Å². The van der Waals surface area contributed by atoms with Gasteiger partial charge in [0.25, 0.3) is 0 Å². The van der Waals surface area contributed by atoms with Crippen molar-refractivity contribution >= 4 is 23.4 Å². The molecular formula is C32H45N3O6. The maximum atomic E-state index is 14.4. The van der Waals surface area contributed by atoms with Crippen molar-refractivity contribution in [2.75, 3.05) is 37.7 Å². The standard InChI is InChI=1S/C32H45N3O6/c1-7-11-22(5)33(18-8-2)30(39)27-32-17-16-31(6,41-32)25(26(32)29(38)35(27)20-21-36)28(37)34(19-9-3)23-12-14-24(15-13-23)40-10-4/h8-9,12-15,22,25-27,36H,2-3,7,10-11,16-21H2,1,4-6H3/t22?,25-,26+,27?,31+,32?/m1/s1. The summed E-state index contributed by atoms with van der Waals surface area (Å²) in [6.45, 7) is 16.4. The molecule has 2 bridgehead atoms. The van der Waals surface area contributed by atoms with Gasteiger partial charge < -0.3 is 29.3 Å². The Bertz CT molecular complexity index is 1150. The van der Waals surface area contributed by atoms with Crippen LogP contribution in [-0.4, -0.2) is 88.8 Å². The highest BCUT2D eigenvalue weighted by atomic mass is 16.5. The van der Waals surface area contributed by atoms with Gasteiger partial charge in [0.05, 0.1) is 30.7 Å². The van der Waals surface area contributed by atoms with Gasteiger partial charge in [-0.3, -0.25) is 14.4 Å². The van der Waals surface area contributed by atoms with Crippen molar-refractivity contribution in [1.29, 1.82) is 0 Å². The predicted octanol–water partition coefficient (Wildman–Crippen LogP) is 3.56. The van der Waals surface area contributed by atoms with Crippen LogP contribution in [0, 0.1) is 11.8 Å². The van der Waals surface area contributed by atoms with Crippen molar-refractivity contribution in [2.45, 2.75) is 76.7 Å². The molecule has 3 amide bonds. The maximum absolute atomic E-state index is 14.4. The van der Waals surface area contributed by atoms with Crippen LogP contribution in [-0.2, 0) is 19.1 Å². The van der Waals surface area contributed by atoms with Crippen LogP contribution in [0.1, 0.15) is 53.4 Å². The van der Waals surface area contributed by atoms with Crippen molar-refractivity contribution in [1.82, 2.24) is 9.80 Å². The quantitative estimate of drug-likeness (QED) is 0.345. The largest absolute Gasteiger partial charge is 0.494 e. The van der Waals surface area contributed by atoms with Crippen LogP contribution in [0.15, 0.2) is 49.6 Å². The molecule has 0 radical (unpaired) electrons. The van der Waals surface area contributed by atoms with Crippen molar-refractivity contribution in [3.63, 3.8) is 0 Å². The molecule has 1 N–H and O–H groups in total. The first kappa shape index (κ1) is 30.8. The number of benzene rings is 1. The van der Waals surface area contributed by atoms with Crippen molar-refractivity contribution in [3.8, 4) is 5.75 Å². The lowest BCUT2D eigenvalue weighted by molar-refractivity contribution is -0.153. The number of amides is 3. The normalized spacial score (nSPS) is 28.8. The van der Waals surface area contributed by atoms with Gasteiger partial charge >= 0.3 is 0 Å². The van der Waals surface area contributed by atoms with Gasteiger partial charge in [-0.25, -0.2) is 0 Å². The van der Waals surface area contributed by atoms with E-state index >= 15 is 0 Å². The molecule has 3 unspecified atom stereocenters. The maximum Gasteiger partial charge on any atom is 0.248 e. The van der Waals surface area contributed by atoms with Gasteiger partial charge in [0.1, 0.15) is 17.4 Å². The van der Waals surface area contributed by atoms with Crippen LogP contribution in [0.5, 0.6) is 5.75 Å². The Kier molecular flexibility index (Phi) is 9.29. The number of carbonyl (C=O) groups excluding carboxylic acids is 3. The monoisotopic (exact) mass is 567 g/mol. The number of β-amino-alcohol motifs (C(OH)–C–C–N with tert-alkyl or cyclic N) is 1. The molecule has 0 aromatic heterocycles. The Hall–Kier alpha value is -3.17. The minimum atomic E-state index is -1.15. The fourth-order valence-electron chi connectivity index (χ4n) is 7.29.